The second kappa shape index (κ2) is 9.07. The highest BCUT2D eigenvalue weighted by Gasteiger charge is 2.26. The molecule has 0 aliphatic carbocycles. The third-order valence-corrected chi connectivity index (χ3v) is 3.52. The highest BCUT2D eigenvalue weighted by atomic mass is 35.5. The fraction of sp³-hybridized carbons (Fsp3) is 0.571. The number of carbonyl (C=O) groups excluding carboxylic acids is 1. The summed E-state index contributed by atoms with van der Waals surface area (Å²) in [7, 11) is 5.83. The lowest BCUT2D eigenvalue weighted by molar-refractivity contribution is 0.0787. The fourth-order valence-electron chi connectivity index (χ4n) is 2.43. The van der Waals surface area contributed by atoms with Crippen molar-refractivity contribution in [2.45, 2.75) is 6.42 Å². The van der Waals surface area contributed by atoms with Crippen molar-refractivity contribution in [2.24, 2.45) is 5.92 Å². The highest BCUT2D eigenvalue weighted by molar-refractivity contribution is 5.94. The maximum Gasteiger partial charge on any atom is 0.255 e. The lowest BCUT2D eigenvalue weighted by Crippen LogP contribution is -2.30. The van der Waals surface area contributed by atoms with E-state index < -0.39 is 0 Å². The van der Waals surface area contributed by atoms with Crippen LogP contribution in [-0.2, 0) is 0 Å². The van der Waals surface area contributed by atoms with Gasteiger partial charge in [0.15, 0.2) is 0 Å². The first kappa shape index (κ1) is 20.0. The number of amides is 1. The third kappa shape index (κ3) is 5.02. The monoisotopic (exact) mass is 334 g/mol. The number of nitrogens with zero attached hydrogens (tertiary/aromatic N) is 3. The standard InChI is InChI=1S/C14H22N4O.2ClH/c1-15-8-11-6-7-18(10-11)14(19)12-4-5-13(16-9-12)17(2)3;;/h4-5,9,11,15H,6-8,10H2,1-3H3;2*1H. The van der Waals surface area contributed by atoms with E-state index >= 15 is 0 Å². The topological polar surface area (TPSA) is 48.5 Å². The van der Waals surface area contributed by atoms with Crippen LogP contribution in [0.4, 0.5) is 5.82 Å². The molecule has 1 aliphatic rings. The quantitative estimate of drug-likeness (QED) is 0.909. The van der Waals surface area contributed by atoms with Gasteiger partial charge in [0.1, 0.15) is 5.82 Å². The summed E-state index contributed by atoms with van der Waals surface area (Å²) in [6.45, 7) is 2.66. The molecule has 1 saturated heterocycles. The Hall–Kier alpha value is -1.04. The first-order valence-electron chi connectivity index (χ1n) is 6.69. The van der Waals surface area contributed by atoms with Gasteiger partial charge in [-0.2, -0.15) is 0 Å². The number of aromatic nitrogens is 1. The van der Waals surface area contributed by atoms with Crippen molar-refractivity contribution in [1.82, 2.24) is 15.2 Å². The average Bonchev–Trinajstić information content (AvgIpc) is 2.87. The van der Waals surface area contributed by atoms with Gasteiger partial charge in [0, 0.05) is 33.4 Å². The normalized spacial score (nSPS) is 16.9. The van der Waals surface area contributed by atoms with Crippen LogP contribution < -0.4 is 10.2 Å². The van der Waals surface area contributed by atoms with E-state index in [1.54, 1.807) is 6.20 Å². The summed E-state index contributed by atoms with van der Waals surface area (Å²) in [6, 6.07) is 3.74. The first-order valence-corrected chi connectivity index (χ1v) is 6.69. The Bertz CT molecular complexity index is 439. The van der Waals surface area contributed by atoms with E-state index in [0.29, 0.717) is 11.5 Å². The van der Waals surface area contributed by atoms with E-state index in [4.69, 9.17) is 0 Å². The zero-order chi connectivity index (χ0) is 13.8. The molecule has 1 fully saturated rings. The maximum absolute atomic E-state index is 12.3. The number of hydrogen-bond acceptors (Lipinski definition) is 4. The van der Waals surface area contributed by atoms with Gasteiger partial charge in [-0.3, -0.25) is 4.79 Å². The molecule has 1 amide bonds. The Kier molecular flexibility index (Phi) is 8.63. The second-order valence-corrected chi connectivity index (χ2v) is 5.26. The molecule has 120 valence electrons. The molecule has 1 aliphatic heterocycles. The van der Waals surface area contributed by atoms with E-state index in [9.17, 15) is 4.79 Å². The molecule has 0 aromatic carbocycles. The Morgan fingerprint density at radius 3 is 2.67 bits per heavy atom. The van der Waals surface area contributed by atoms with Crippen molar-refractivity contribution in [2.75, 3.05) is 45.7 Å². The van der Waals surface area contributed by atoms with Crippen molar-refractivity contribution in [3.05, 3.63) is 23.9 Å². The zero-order valence-electron chi connectivity index (χ0n) is 12.7. The summed E-state index contributed by atoms with van der Waals surface area (Å²) in [5.74, 6) is 1.53. The van der Waals surface area contributed by atoms with Crippen molar-refractivity contribution in [1.29, 1.82) is 0 Å². The van der Waals surface area contributed by atoms with E-state index in [1.807, 2.05) is 43.1 Å². The maximum atomic E-state index is 12.3. The highest BCUT2D eigenvalue weighted by Crippen LogP contribution is 2.18. The van der Waals surface area contributed by atoms with Crippen LogP contribution in [0.3, 0.4) is 0 Å². The van der Waals surface area contributed by atoms with Crippen LogP contribution in [0.25, 0.3) is 0 Å². The molecule has 21 heavy (non-hydrogen) atoms. The average molecular weight is 335 g/mol. The largest absolute Gasteiger partial charge is 0.363 e. The predicted molar refractivity (Wildman–Crippen MR) is 91.0 cm³/mol. The van der Waals surface area contributed by atoms with Gasteiger partial charge in [0.05, 0.1) is 5.56 Å². The number of likely N-dealkylation sites (tertiary alicyclic amines) is 1. The lowest BCUT2D eigenvalue weighted by atomic mass is 10.1. The number of halogens is 2. The summed E-state index contributed by atoms with van der Waals surface area (Å²) in [6.07, 6.45) is 2.75. The van der Waals surface area contributed by atoms with Gasteiger partial charge in [-0.25, -0.2) is 4.98 Å². The van der Waals surface area contributed by atoms with Gasteiger partial charge < -0.3 is 15.1 Å². The minimum Gasteiger partial charge on any atom is -0.363 e. The van der Waals surface area contributed by atoms with Crippen LogP contribution >= 0.6 is 24.8 Å². The number of hydrogen-bond donors (Lipinski definition) is 1. The van der Waals surface area contributed by atoms with Gasteiger partial charge in [-0.1, -0.05) is 0 Å². The molecule has 1 atom stereocenters. The molecule has 1 aromatic heterocycles. The SMILES string of the molecule is CNCC1CCN(C(=O)c2ccc(N(C)C)nc2)C1.Cl.Cl. The Balaban J connectivity index is 0.00000200. The first-order chi connectivity index (χ1) is 9.11. The molecule has 0 radical (unpaired) electrons. The van der Waals surface area contributed by atoms with E-state index in [-0.39, 0.29) is 30.7 Å². The van der Waals surface area contributed by atoms with Crippen molar-refractivity contribution in [3.8, 4) is 0 Å². The molecule has 0 saturated carbocycles. The van der Waals surface area contributed by atoms with Gasteiger partial charge in [-0.05, 0) is 38.1 Å². The summed E-state index contributed by atoms with van der Waals surface area (Å²) in [5.41, 5.74) is 0.677. The summed E-state index contributed by atoms with van der Waals surface area (Å²) >= 11 is 0. The van der Waals surface area contributed by atoms with E-state index in [2.05, 4.69) is 10.3 Å². The van der Waals surface area contributed by atoms with Crippen LogP contribution in [-0.4, -0.2) is 56.6 Å². The Labute approximate surface area is 138 Å². The van der Waals surface area contributed by atoms with Gasteiger partial charge in [-0.15, -0.1) is 24.8 Å². The number of pyridine rings is 1. The molecule has 2 heterocycles. The molecular weight excluding hydrogens is 311 g/mol. The van der Waals surface area contributed by atoms with Crippen LogP contribution in [0, 0.1) is 5.92 Å². The minimum absolute atomic E-state index is 0. The summed E-state index contributed by atoms with van der Waals surface area (Å²) < 4.78 is 0. The molecule has 5 nitrogen and oxygen atoms in total. The number of rotatable bonds is 4. The molecule has 1 aromatic rings. The van der Waals surface area contributed by atoms with Gasteiger partial charge in [0.25, 0.3) is 5.91 Å². The summed E-state index contributed by atoms with van der Waals surface area (Å²) in [5, 5.41) is 3.17. The second-order valence-electron chi connectivity index (χ2n) is 5.26. The zero-order valence-corrected chi connectivity index (χ0v) is 14.3. The van der Waals surface area contributed by atoms with Crippen molar-refractivity contribution < 1.29 is 4.79 Å². The van der Waals surface area contributed by atoms with Crippen molar-refractivity contribution in [3.63, 3.8) is 0 Å². The molecule has 1 unspecified atom stereocenters. The van der Waals surface area contributed by atoms with Crippen LogP contribution in [0.2, 0.25) is 0 Å². The lowest BCUT2D eigenvalue weighted by Gasteiger charge is -2.17. The Morgan fingerprint density at radius 2 is 2.14 bits per heavy atom. The Morgan fingerprint density at radius 1 is 1.43 bits per heavy atom. The van der Waals surface area contributed by atoms with Crippen molar-refractivity contribution >= 4 is 36.5 Å². The van der Waals surface area contributed by atoms with E-state index in [1.165, 1.54) is 0 Å². The van der Waals surface area contributed by atoms with Gasteiger partial charge in [0.2, 0.25) is 0 Å². The molecular formula is C14H24Cl2N4O. The molecule has 0 spiro atoms. The molecule has 0 bridgehead atoms. The third-order valence-electron chi connectivity index (χ3n) is 3.52. The number of nitrogens with one attached hydrogen (secondary N) is 1. The fourth-order valence-corrected chi connectivity index (χ4v) is 2.43. The number of anilines is 1. The molecule has 1 N–H and O–H groups in total. The predicted octanol–water partition coefficient (Wildman–Crippen LogP) is 1.67. The van der Waals surface area contributed by atoms with Crippen LogP contribution in [0.1, 0.15) is 16.8 Å². The minimum atomic E-state index is 0. The smallest absolute Gasteiger partial charge is 0.255 e. The van der Waals surface area contributed by atoms with E-state index in [0.717, 1.165) is 31.9 Å². The van der Waals surface area contributed by atoms with Crippen LogP contribution in [0.5, 0.6) is 0 Å². The van der Waals surface area contributed by atoms with Crippen LogP contribution in [0.15, 0.2) is 18.3 Å². The van der Waals surface area contributed by atoms with Gasteiger partial charge >= 0.3 is 0 Å². The number of carbonyl (C=O) groups is 1. The molecule has 2 rings (SSSR count). The summed E-state index contributed by atoms with van der Waals surface area (Å²) in [4.78, 5) is 20.5. The molecule has 7 heteroatoms.